The Balaban J connectivity index is 2.01. The van der Waals surface area contributed by atoms with Crippen LogP contribution in [-0.4, -0.2) is 106 Å². The summed E-state index contributed by atoms with van der Waals surface area (Å²) in [5.41, 5.74) is 9.25. The molecule has 0 bridgehead atoms. The standard InChI is InChI=1S/C29H43N5O5/c1-5-31-27(20-30)34(6-2)26-9-7-22(19-25(26)29(35)33(13-17-36-3)14-18-37-4)23-8-10-28(32-21-23)39-24-11-15-38-16-12-24/h7-10,19,21,24H,5-6,11-18,20,30H2,1-4H3/p+1. The zero-order valence-corrected chi connectivity index (χ0v) is 23.8. The van der Waals surface area contributed by atoms with Crippen LogP contribution in [0.1, 0.15) is 37.0 Å². The quantitative estimate of drug-likeness (QED) is 0.213. The third-order valence-corrected chi connectivity index (χ3v) is 6.68. The van der Waals surface area contributed by atoms with Crippen LogP contribution >= 0.6 is 0 Å². The van der Waals surface area contributed by atoms with E-state index < -0.39 is 0 Å². The Morgan fingerprint density at radius 2 is 1.79 bits per heavy atom. The lowest BCUT2D eigenvalue weighted by molar-refractivity contribution is -0.439. The van der Waals surface area contributed by atoms with E-state index in [1.54, 1.807) is 25.3 Å². The van der Waals surface area contributed by atoms with Gasteiger partial charge < -0.3 is 29.6 Å². The molecule has 2 aromatic rings. The largest absolute Gasteiger partial charge is 0.474 e. The number of carbonyl (C=O) groups is 1. The van der Waals surface area contributed by atoms with Crippen LogP contribution < -0.4 is 15.8 Å². The first-order valence-corrected chi connectivity index (χ1v) is 13.7. The van der Waals surface area contributed by atoms with Gasteiger partial charge in [0.25, 0.3) is 11.7 Å². The number of benzene rings is 1. The van der Waals surface area contributed by atoms with Crippen molar-refractivity contribution < 1.29 is 28.3 Å². The van der Waals surface area contributed by atoms with E-state index in [4.69, 9.17) is 24.7 Å². The summed E-state index contributed by atoms with van der Waals surface area (Å²) in [6.07, 6.45) is 3.64. The Morgan fingerprint density at radius 1 is 1.10 bits per heavy atom. The fraction of sp³-hybridized carbons (Fsp3) is 0.552. The highest BCUT2D eigenvalue weighted by Gasteiger charge is 2.25. The molecule has 3 N–H and O–H groups in total. The van der Waals surface area contributed by atoms with E-state index >= 15 is 0 Å². The van der Waals surface area contributed by atoms with E-state index in [0.717, 1.165) is 42.0 Å². The molecule has 3 rings (SSSR count). The van der Waals surface area contributed by atoms with Crippen molar-refractivity contribution in [2.24, 2.45) is 5.73 Å². The predicted octanol–water partition coefficient (Wildman–Crippen LogP) is 2.67. The van der Waals surface area contributed by atoms with Crippen molar-refractivity contribution in [2.75, 3.05) is 73.4 Å². The molecule has 1 aromatic heterocycles. The van der Waals surface area contributed by atoms with Crippen molar-refractivity contribution in [3.05, 3.63) is 42.1 Å². The topological polar surface area (TPSA) is 111 Å². The zero-order chi connectivity index (χ0) is 28.0. The summed E-state index contributed by atoms with van der Waals surface area (Å²) < 4.78 is 24.1. The fourth-order valence-electron chi connectivity index (χ4n) is 4.58. The third-order valence-electron chi connectivity index (χ3n) is 6.68. The van der Waals surface area contributed by atoms with E-state index in [9.17, 15) is 4.79 Å². The van der Waals surface area contributed by atoms with E-state index in [2.05, 4.69) is 14.9 Å². The lowest BCUT2D eigenvalue weighted by Crippen LogP contribution is -2.39. The van der Waals surface area contributed by atoms with Gasteiger partial charge in [-0.25, -0.2) is 9.56 Å². The minimum Gasteiger partial charge on any atom is -0.474 e. The summed E-state index contributed by atoms with van der Waals surface area (Å²) in [5, 5.41) is 3.35. The van der Waals surface area contributed by atoms with Crippen LogP contribution in [0.2, 0.25) is 0 Å². The van der Waals surface area contributed by atoms with Crippen LogP contribution in [0.25, 0.3) is 11.1 Å². The molecule has 1 amide bonds. The average molecular weight is 543 g/mol. The number of nitrogens with one attached hydrogen (secondary N) is 1. The smallest absolute Gasteiger partial charge is 0.263 e. The highest BCUT2D eigenvalue weighted by molar-refractivity contribution is 6.00. The van der Waals surface area contributed by atoms with Crippen molar-refractivity contribution >= 4 is 17.4 Å². The number of ether oxygens (including phenoxy) is 4. The maximum absolute atomic E-state index is 14.0. The number of hydrogen-bond donors (Lipinski definition) is 2. The van der Waals surface area contributed by atoms with Crippen molar-refractivity contribution in [3.8, 4) is 17.0 Å². The Bertz CT molecular complexity index is 1060. The summed E-state index contributed by atoms with van der Waals surface area (Å²) >= 11 is 0. The van der Waals surface area contributed by atoms with Gasteiger partial charge in [0, 0.05) is 58.0 Å². The SMILES string of the molecule is CCNC(CN)=[N+](CC)c1ccc(-c2ccc(OC3CCOCC3)nc2)cc1C(=O)N(CCOC)CCOC. The van der Waals surface area contributed by atoms with E-state index in [0.29, 0.717) is 64.0 Å². The molecule has 1 fully saturated rings. The molecular formula is C29H44N5O5+. The maximum atomic E-state index is 14.0. The number of amides is 1. The Labute approximate surface area is 232 Å². The number of hydrogen-bond acceptors (Lipinski definition) is 7. The molecule has 1 aromatic carbocycles. The predicted molar refractivity (Wildman–Crippen MR) is 152 cm³/mol. The second kappa shape index (κ2) is 16.1. The number of methoxy groups -OCH3 is 2. The second-order valence-corrected chi connectivity index (χ2v) is 9.25. The van der Waals surface area contributed by atoms with E-state index in [1.807, 2.05) is 44.2 Å². The van der Waals surface area contributed by atoms with Gasteiger partial charge in [-0.05, 0) is 37.6 Å². The molecular weight excluding hydrogens is 498 g/mol. The van der Waals surface area contributed by atoms with Crippen molar-refractivity contribution in [2.45, 2.75) is 32.8 Å². The molecule has 214 valence electrons. The van der Waals surface area contributed by atoms with Crippen molar-refractivity contribution in [1.82, 2.24) is 15.2 Å². The molecule has 10 nitrogen and oxygen atoms in total. The number of aromatic nitrogens is 1. The number of carbonyl (C=O) groups excluding carboxylic acids is 1. The number of amidine groups is 1. The van der Waals surface area contributed by atoms with E-state index in [-0.39, 0.29) is 12.0 Å². The van der Waals surface area contributed by atoms with Gasteiger partial charge in [0.1, 0.15) is 11.8 Å². The monoisotopic (exact) mass is 542 g/mol. The van der Waals surface area contributed by atoms with Gasteiger partial charge in [0.05, 0.1) is 51.6 Å². The Morgan fingerprint density at radius 3 is 2.36 bits per heavy atom. The molecule has 0 atom stereocenters. The summed E-state index contributed by atoms with van der Waals surface area (Å²) in [7, 11) is 3.26. The summed E-state index contributed by atoms with van der Waals surface area (Å²) in [4.78, 5) is 20.3. The average Bonchev–Trinajstić information content (AvgIpc) is 2.98. The lowest BCUT2D eigenvalue weighted by atomic mass is 10.0. The zero-order valence-electron chi connectivity index (χ0n) is 23.8. The first kappa shape index (κ1) is 30.5. The number of pyridine rings is 1. The molecule has 39 heavy (non-hydrogen) atoms. The van der Waals surface area contributed by atoms with Crippen LogP contribution in [0, 0.1) is 0 Å². The molecule has 0 unspecified atom stereocenters. The van der Waals surface area contributed by atoms with Gasteiger partial charge in [-0.2, -0.15) is 0 Å². The second-order valence-electron chi connectivity index (χ2n) is 9.25. The van der Waals surface area contributed by atoms with Gasteiger partial charge in [-0.3, -0.25) is 10.1 Å². The van der Waals surface area contributed by atoms with Crippen LogP contribution in [0.4, 0.5) is 5.69 Å². The molecule has 1 aliphatic heterocycles. The van der Waals surface area contributed by atoms with E-state index in [1.165, 1.54) is 0 Å². The van der Waals surface area contributed by atoms with Crippen LogP contribution in [0.3, 0.4) is 0 Å². The fourth-order valence-corrected chi connectivity index (χ4v) is 4.58. The molecule has 1 saturated heterocycles. The molecule has 0 saturated carbocycles. The van der Waals surface area contributed by atoms with Gasteiger partial charge in [-0.15, -0.1) is 0 Å². The number of nitrogens with two attached hydrogens (primary N) is 1. The Kier molecular flexibility index (Phi) is 12.6. The van der Waals surface area contributed by atoms with Crippen molar-refractivity contribution in [1.29, 1.82) is 0 Å². The molecule has 2 heterocycles. The van der Waals surface area contributed by atoms with Crippen LogP contribution in [-0.2, 0) is 14.2 Å². The lowest BCUT2D eigenvalue weighted by Gasteiger charge is -2.24. The summed E-state index contributed by atoms with van der Waals surface area (Å²) in [5.74, 6) is 1.35. The van der Waals surface area contributed by atoms with Gasteiger partial charge in [-0.1, -0.05) is 6.07 Å². The minimum absolute atomic E-state index is 0.0975. The first-order valence-electron chi connectivity index (χ1n) is 13.7. The number of nitrogens with zero attached hydrogens (tertiary/aromatic N) is 3. The van der Waals surface area contributed by atoms with Gasteiger partial charge >= 0.3 is 0 Å². The summed E-state index contributed by atoms with van der Waals surface area (Å²) in [6, 6.07) is 9.79. The Hall–Kier alpha value is -3.05. The van der Waals surface area contributed by atoms with Gasteiger partial charge in [0.2, 0.25) is 5.88 Å². The minimum atomic E-state index is -0.0975. The molecule has 10 heteroatoms. The molecule has 0 radical (unpaired) electrons. The third kappa shape index (κ3) is 8.47. The van der Waals surface area contributed by atoms with Crippen LogP contribution in [0.15, 0.2) is 36.5 Å². The first-order chi connectivity index (χ1) is 19.1. The normalized spacial score (nSPS) is 14.6. The highest BCUT2D eigenvalue weighted by Crippen LogP contribution is 2.29. The molecule has 1 aliphatic rings. The van der Waals surface area contributed by atoms with Crippen molar-refractivity contribution in [3.63, 3.8) is 0 Å². The summed E-state index contributed by atoms with van der Waals surface area (Å²) in [6.45, 7) is 8.96. The maximum Gasteiger partial charge on any atom is 0.263 e. The molecule has 0 aliphatic carbocycles. The molecule has 0 spiro atoms. The number of rotatable bonds is 14. The number of likely N-dealkylation sites (N-methyl/N-ethyl adjacent to an activating group) is 1. The van der Waals surface area contributed by atoms with Crippen LogP contribution in [0.5, 0.6) is 5.88 Å². The highest BCUT2D eigenvalue weighted by atomic mass is 16.5. The van der Waals surface area contributed by atoms with Gasteiger partial charge in [0.15, 0.2) is 0 Å².